The van der Waals surface area contributed by atoms with Crippen molar-refractivity contribution in [2.24, 2.45) is 17.8 Å². The highest BCUT2D eigenvalue weighted by Gasteiger charge is 2.33. The van der Waals surface area contributed by atoms with E-state index in [1.54, 1.807) is 42.5 Å². The molecule has 0 heterocycles. The van der Waals surface area contributed by atoms with Crippen LogP contribution in [-0.4, -0.2) is 30.4 Å². The lowest BCUT2D eigenvalue weighted by Gasteiger charge is -2.36. The van der Waals surface area contributed by atoms with Crippen LogP contribution in [0.4, 0.5) is 0 Å². The van der Waals surface area contributed by atoms with E-state index in [-0.39, 0.29) is 23.0 Å². The first-order valence-corrected chi connectivity index (χ1v) is 10.9. The summed E-state index contributed by atoms with van der Waals surface area (Å²) in [6.07, 6.45) is 2.85. The molecule has 3 atom stereocenters. The fraction of sp³-hybridized carbons (Fsp3) is 0.423. The maximum Gasteiger partial charge on any atom is 0.344 e. The van der Waals surface area contributed by atoms with Crippen LogP contribution in [0.5, 0.6) is 0 Å². The van der Waals surface area contributed by atoms with Gasteiger partial charge in [0.2, 0.25) is 0 Å². The molecule has 3 rings (SSSR count). The molecule has 1 fully saturated rings. The molecular formula is C26H30O5. The number of hydrogen-bond acceptors (Lipinski definition) is 5. The first-order valence-electron chi connectivity index (χ1n) is 10.9. The highest BCUT2D eigenvalue weighted by molar-refractivity contribution is 6.14. The first kappa shape index (κ1) is 22.7. The smallest absolute Gasteiger partial charge is 0.344 e. The zero-order chi connectivity index (χ0) is 22.4. The summed E-state index contributed by atoms with van der Waals surface area (Å²) in [5, 5.41) is 0. The van der Waals surface area contributed by atoms with E-state index in [0.717, 1.165) is 19.3 Å². The van der Waals surface area contributed by atoms with Crippen LogP contribution < -0.4 is 0 Å². The Bertz CT molecular complexity index is 918. The number of ketones is 1. The third-order valence-corrected chi connectivity index (χ3v) is 5.99. The molecule has 164 valence electrons. The number of hydrogen-bond donors (Lipinski definition) is 0. The van der Waals surface area contributed by atoms with Crippen molar-refractivity contribution < 1.29 is 23.9 Å². The summed E-state index contributed by atoms with van der Waals surface area (Å²) in [6, 6.07) is 15.2. The minimum atomic E-state index is -0.714. The number of ether oxygens (including phenoxy) is 2. The Hall–Kier alpha value is -2.95. The van der Waals surface area contributed by atoms with Crippen molar-refractivity contribution in [2.75, 3.05) is 6.61 Å². The zero-order valence-electron chi connectivity index (χ0n) is 18.4. The van der Waals surface area contributed by atoms with E-state index in [1.165, 1.54) is 6.07 Å². The molecule has 2 aromatic carbocycles. The van der Waals surface area contributed by atoms with Crippen molar-refractivity contribution in [1.82, 2.24) is 0 Å². The normalized spacial score (nSPS) is 20.8. The van der Waals surface area contributed by atoms with E-state index in [1.807, 2.05) is 6.07 Å². The van der Waals surface area contributed by atoms with Crippen LogP contribution in [0.2, 0.25) is 0 Å². The summed E-state index contributed by atoms with van der Waals surface area (Å²) in [5.41, 5.74) is 0.858. The lowest BCUT2D eigenvalue weighted by Crippen LogP contribution is -2.36. The van der Waals surface area contributed by atoms with E-state index in [4.69, 9.17) is 9.47 Å². The van der Waals surface area contributed by atoms with Gasteiger partial charge in [0.05, 0.1) is 5.56 Å². The Balaban J connectivity index is 1.63. The van der Waals surface area contributed by atoms with Gasteiger partial charge in [-0.25, -0.2) is 9.59 Å². The van der Waals surface area contributed by atoms with E-state index in [2.05, 4.69) is 20.8 Å². The number of carbonyl (C=O) groups excluding carboxylic acids is 3. The molecule has 0 spiro atoms. The Morgan fingerprint density at radius 3 is 2.26 bits per heavy atom. The molecule has 0 amide bonds. The van der Waals surface area contributed by atoms with Crippen molar-refractivity contribution in [1.29, 1.82) is 0 Å². The largest absolute Gasteiger partial charge is 0.460 e. The highest BCUT2D eigenvalue weighted by Crippen LogP contribution is 2.35. The van der Waals surface area contributed by atoms with Gasteiger partial charge in [0.1, 0.15) is 6.10 Å². The standard InChI is InChI=1S/C26H30O5/c1-17(2)20-14-13-18(3)15-23(20)31-24(27)16-30-26(29)22-12-8-7-11-21(22)25(28)19-9-5-4-6-10-19/h4-12,17-18,20,23H,13-16H2,1-3H3/t18-,20-,23+/m0/s1. The third kappa shape index (κ3) is 5.81. The second-order valence-electron chi connectivity index (χ2n) is 8.67. The second kappa shape index (κ2) is 10.4. The lowest BCUT2D eigenvalue weighted by molar-refractivity contribution is -0.159. The van der Waals surface area contributed by atoms with Crippen LogP contribution in [0.15, 0.2) is 54.6 Å². The monoisotopic (exact) mass is 422 g/mol. The first-order chi connectivity index (χ1) is 14.9. The van der Waals surface area contributed by atoms with Gasteiger partial charge in [-0.2, -0.15) is 0 Å². The van der Waals surface area contributed by atoms with Gasteiger partial charge in [0.25, 0.3) is 0 Å². The minimum Gasteiger partial charge on any atom is -0.460 e. The fourth-order valence-corrected chi connectivity index (χ4v) is 4.26. The van der Waals surface area contributed by atoms with E-state index < -0.39 is 18.5 Å². The molecule has 0 aliphatic heterocycles. The van der Waals surface area contributed by atoms with Crippen LogP contribution in [0.1, 0.15) is 66.3 Å². The average Bonchev–Trinajstić information content (AvgIpc) is 2.77. The Morgan fingerprint density at radius 2 is 1.58 bits per heavy atom. The van der Waals surface area contributed by atoms with Gasteiger partial charge in [0.15, 0.2) is 12.4 Å². The fourth-order valence-electron chi connectivity index (χ4n) is 4.26. The zero-order valence-corrected chi connectivity index (χ0v) is 18.4. The number of benzene rings is 2. The molecule has 0 radical (unpaired) electrons. The summed E-state index contributed by atoms with van der Waals surface area (Å²) < 4.78 is 10.9. The van der Waals surface area contributed by atoms with Gasteiger partial charge in [-0.15, -0.1) is 0 Å². The molecule has 1 aliphatic rings. The van der Waals surface area contributed by atoms with Gasteiger partial charge in [-0.1, -0.05) is 75.7 Å². The predicted molar refractivity (Wildman–Crippen MR) is 118 cm³/mol. The molecule has 0 unspecified atom stereocenters. The van der Waals surface area contributed by atoms with Crippen LogP contribution in [0, 0.1) is 17.8 Å². The van der Waals surface area contributed by atoms with Gasteiger partial charge >= 0.3 is 11.9 Å². The van der Waals surface area contributed by atoms with Crippen molar-refractivity contribution in [3.8, 4) is 0 Å². The molecule has 31 heavy (non-hydrogen) atoms. The Morgan fingerprint density at radius 1 is 0.935 bits per heavy atom. The summed E-state index contributed by atoms with van der Waals surface area (Å²) in [5.74, 6) is -0.291. The number of esters is 2. The average molecular weight is 423 g/mol. The van der Waals surface area contributed by atoms with Crippen molar-refractivity contribution >= 4 is 17.7 Å². The maximum absolute atomic E-state index is 12.8. The third-order valence-electron chi connectivity index (χ3n) is 5.99. The summed E-state index contributed by atoms with van der Waals surface area (Å²) in [7, 11) is 0. The molecule has 2 aromatic rings. The molecular weight excluding hydrogens is 392 g/mol. The van der Waals surface area contributed by atoms with Gasteiger partial charge in [0, 0.05) is 11.1 Å². The molecule has 1 aliphatic carbocycles. The summed E-state index contributed by atoms with van der Waals surface area (Å²) >= 11 is 0. The summed E-state index contributed by atoms with van der Waals surface area (Å²) in [4.78, 5) is 37.8. The quantitative estimate of drug-likeness (QED) is 0.460. The molecule has 0 saturated heterocycles. The molecule has 0 bridgehead atoms. The van der Waals surface area contributed by atoms with Crippen molar-refractivity contribution in [2.45, 2.75) is 46.1 Å². The minimum absolute atomic E-state index is 0.135. The van der Waals surface area contributed by atoms with Gasteiger partial charge < -0.3 is 9.47 Å². The van der Waals surface area contributed by atoms with E-state index >= 15 is 0 Å². The molecule has 0 aromatic heterocycles. The highest BCUT2D eigenvalue weighted by atomic mass is 16.6. The van der Waals surface area contributed by atoms with Crippen LogP contribution in [0.3, 0.4) is 0 Å². The van der Waals surface area contributed by atoms with Crippen molar-refractivity contribution in [3.05, 3.63) is 71.3 Å². The van der Waals surface area contributed by atoms with Crippen LogP contribution in [-0.2, 0) is 14.3 Å². The van der Waals surface area contributed by atoms with Crippen LogP contribution in [0.25, 0.3) is 0 Å². The Kier molecular flexibility index (Phi) is 7.61. The van der Waals surface area contributed by atoms with Crippen molar-refractivity contribution in [3.63, 3.8) is 0 Å². The molecule has 0 N–H and O–H groups in total. The topological polar surface area (TPSA) is 69.7 Å². The predicted octanol–water partition coefficient (Wildman–Crippen LogP) is 5.08. The number of carbonyl (C=O) groups is 3. The molecule has 1 saturated carbocycles. The summed E-state index contributed by atoms with van der Waals surface area (Å²) in [6.45, 7) is 5.98. The maximum atomic E-state index is 12.8. The van der Waals surface area contributed by atoms with Crippen LogP contribution >= 0.6 is 0 Å². The van der Waals surface area contributed by atoms with E-state index in [0.29, 0.717) is 23.3 Å². The lowest BCUT2D eigenvalue weighted by atomic mass is 9.75. The SMILES string of the molecule is CC(C)[C@@H]1CC[C@H](C)C[C@H]1OC(=O)COC(=O)c1ccccc1C(=O)c1ccccc1. The Labute approximate surface area is 183 Å². The molecule has 5 nitrogen and oxygen atoms in total. The van der Waals surface area contributed by atoms with E-state index in [9.17, 15) is 14.4 Å². The van der Waals surface area contributed by atoms with Gasteiger partial charge in [-0.3, -0.25) is 4.79 Å². The number of rotatable bonds is 7. The second-order valence-corrected chi connectivity index (χ2v) is 8.67. The molecule has 5 heteroatoms. The van der Waals surface area contributed by atoms with Gasteiger partial charge in [-0.05, 0) is 36.7 Å².